The second kappa shape index (κ2) is 7.28. The zero-order chi connectivity index (χ0) is 21.0. The summed E-state index contributed by atoms with van der Waals surface area (Å²) in [6.07, 6.45) is 5.72. The molecule has 30 heavy (non-hydrogen) atoms. The monoisotopic (exact) mass is 410 g/mol. The molecule has 2 saturated carbocycles. The Morgan fingerprint density at radius 2 is 1.80 bits per heavy atom. The van der Waals surface area contributed by atoms with Crippen LogP contribution in [-0.2, 0) is 16.1 Å². The Morgan fingerprint density at radius 1 is 1.03 bits per heavy atom. The van der Waals surface area contributed by atoms with E-state index in [1.807, 2.05) is 6.07 Å². The molecule has 1 aromatic rings. The number of piperidine rings is 1. The van der Waals surface area contributed by atoms with Gasteiger partial charge in [0.1, 0.15) is 6.04 Å². The number of fused-ring (bicyclic) bond motifs is 1. The molecule has 2 aliphatic carbocycles. The van der Waals surface area contributed by atoms with Gasteiger partial charge in [-0.05, 0) is 43.7 Å². The Kier molecular flexibility index (Phi) is 4.71. The van der Waals surface area contributed by atoms with Crippen molar-refractivity contribution in [3.63, 3.8) is 0 Å². The molecule has 4 amide bonds. The summed E-state index contributed by atoms with van der Waals surface area (Å²) < 4.78 is 0. The lowest BCUT2D eigenvalue weighted by atomic mass is 9.81. The average molecular weight is 410 g/mol. The second-order valence-electron chi connectivity index (χ2n) is 8.93. The summed E-state index contributed by atoms with van der Waals surface area (Å²) in [4.78, 5) is 53.6. The van der Waals surface area contributed by atoms with E-state index in [1.54, 1.807) is 12.1 Å². The summed E-state index contributed by atoms with van der Waals surface area (Å²) in [5.74, 6) is -1.84. The molecule has 158 valence electrons. The van der Waals surface area contributed by atoms with Crippen LogP contribution in [0.15, 0.2) is 18.2 Å². The Hall–Kier alpha value is -2.58. The van der Waals surface area contributed by atoms with E-state index in [1.165, 1.54) is 6.42 Å². The molecule has 2 heterocycles. The molecule has 3 N–H and O–H groups in total. The van der Waals surface area contributed by atoms with Crippen molar-refractivity contribution < 1.29 is 19.2 Å². The zero-order valence-corrected chi connectivity index (χ0v) is 16.8. The van der Waals surface area contributed by atoms with Gasteiger partial charge in [0.2, 0.25) is 11.8 Å². The van der Waals surface area contributed by atoms with Crippen LogP contribution in [-0.4, -0.2) is 57.6 Å². The Bertz CT molecular complexity index is 935. The van der Waals surface area contributed by atoms with Gasteiger partial charge in [0.15, 0.2) is 0 Å². The van der Waals surface area contributed by atoms with Crippen LogP contribution in [0.5, 0.6) is 0 Å². The lowest BCUT2D eigenvalue weighted by molar-refractivity contribution is -0.136. The van der Waals surface area contributed by atoms with Gasteiger partial charge in [-0.15, -0.1) is 0 Å². The van der Waals surface area contributed by atoms with Gasteiger partial charge in [-0.3, -0.25) is 34.3 Å². The van der Waals surface area contributed by atoms with E-state index in [0.717, 1.165) is 36.1 Å². The van der Waals surface area contributed by atoms with Crippen LogP contribution in [0.4, 0.5) is 0 Å². The minimum atomic E-state index is -0.935. The van der Waals surface area contributed by atoms with Crippen LogP contribution in [0.25, 0.3) is 0 Å². The standard InChI is InChI=1S/C22H26N4O4/c23-13-9-15(10-13)25(14-4-2-5-14)11-12-3-1-6-16-19(12)22(30)26(21(16)29)17-7-8-18(27)24-20(17)28/h1,3,6,13-15,17H,2,4-5,7-11,23H2,(H,24,27,28). The summed E-state index contributed by atoms with van der Waals surface area (Å²) >= 11 is 0. The molecule has 0 bridgehead atoms. The number of amides is 4. The fourth-order valence-electron chi connectivity index (χ4n) is 5.09. The molecule has 3 fully saturated rings. The molecular weight excluding hydrogens is 384 g/mol. The molecule has 0 radical (unpaired) electrons. The fraction of sp³-hybridized carbons (Fsp3) is 0.545. The maximum Gasteiger partial charge on any atom is 0.262 e. The van der Waals surface area contributed by atoms with Crippen LogP contribution in [0, 0.1) is 0 Å². The average Bonchev–Trinajstić information content (AvgIpc) is 2.89. The van der Waals surface area contributed by atoms with Crippen molar-refractivity contribution in [2.75, 3.05) is 0 Å². The van der Waals surface area contributed by atoms with Crippen molar-refractivity contribution in [3.8, 4) is 0 Å². The Labute approximate surface area is 174 Å². The largest absolute Gasteiger partial charge is 0.328 e. The molecule has 1 aromatic carbocycles. The van der Waals surface area contributed by atoms with Gasteiger partial charge < -0.3 is 5.73 Å². The fourth-order valence-corrected chi connectivity index (χ4v) is 5.09. The van der Waals surface area contributed by atoms with Crippen LogP contribution < -0.4 is 11.1 Å². The maximum atomic E-state index is 13.3. The van der Waals surface area contributed by atoms with Crippen LogP contribution in [0.2, 0.25) is 0 Å². The topological polar surface area (TPSA) is 113 Å². The normalized spacial score (nSPS) is 29.0. The number of nitrogens with one attached hydrogen (secondary N) is 1. The van der Waals surface area contributed by atoms with Crippen molar-refractivity contribution in [2.45, 2.75) is 75.7 Å². The summed E-state index contributed by atoms with van der Waals surface area (Å²) in [7, 11) is 0. The van der Waals surface area contributed by atoms with Gasteiger partial charge >= 0.3 is 0 Å². The molecule has 1 unspecified atom stereocenters. The third-order valence-corrected chi connectivity index (χ3v) is 7.07. The SMILES string of the molecule is NC1CC(N(Cc2cccc3c2C(=O)N(C2CCC(=O)NC2=O)C3=O)C2CCC2)C1. The van der Waals surface area contributed by atoms with E-state index in [-0.39, 0.29) is 24.8 Å². The van der Waals surface area contributed by atoms with Crippen molar-refractivity contribution in [2.24, 2.45) is 5.73 Å². The minimum absolute atomic E-state index is 0.119. The van der Waals surface area contributed by atoms with Gasteiger partial charge in [-0.1, -0.05) is 18.6 Å². The molecule has 2 aliphatic heterocycles. The summed E-state index contributed by atoms with van der Waals surface area (Å²) in [5, 5.41) is 2.24. The van der Waals surface area contributed by atoms with E-state index in [4.69, 9.17) is 5.73 Å². The predicted octanol–water partition coefficient (Wildman–Crippen LogP) is 0.932. The number of hydrogen-bond donors (Lipinski definition) is 2. The molecule has 4 aliphatic rings. The van der Waals surface area contributed by atoms with Gasteiger partial charge in [0, 0.05) is 31.1 Å². The van der Waals surface area contributed by atoms with Crippen LogP contribution in [0.3, 0.4) is 0 Å². The zero-order valence-electron chi connectivity index (χ0n) is 16.8. The molecule has 0 spiro atoms. The number of nitrogens with two attached hydrogens (primary N) is 1. The van der Waals surface area contributed by atoms with Crippen molar-refractivity contribution in [1.82, 2.24) is 15.1 Å². The van der Waals surface area contributed by atoms with Gasteiger partial charge in [-0.2, -0.15) is 0 Å². The molecule has 8 nitrogen and oxygen atoms in total. The van der Waals surface area contributed by atoms with Crippen LogP contribution in [0.1, 0.15) is 71.2 Å². The molecule has 8 heteroatoms. The molecule has 1 saturated heterocycles. The Balaban J connectivity index is 1.43. The van der Waals surface area contributed by atoms with Crippen molar-refractivity contribution in [3.05, 3.63) is 34.9 Å². The number of nitrogens with zero attached hydrogens (tertiary/aromatic N) is 2. The number of carbonyl (C=O) groups excluding carboxylic acids is 4. The minimum Gasteiger partial charge on any atom is -0.328 e. The Morgan fingerprint density at radius 3 is 2.43 bits per heavy atom. The first-order valence-electron chi connectivity index (χ1n) is 10.8. The molecule has 5 rings (SSSR count). The van der Waals surface area contributed by atoms with E-state index in [2.05, 4.69) is 10.2 Å². The van der Waals surface area contributed by atoms with E-state index in [9.17, 15) is 19.2 Å². The highest BCUT2D eigenvalue weighted by Crippen LogP contribution is 2.37. The van der Waals surface area contributed by atoms with Crippen molar-refractivity contribution >= 4 is 23.6 Å². The molecule has 0 aromatic heterocycles. The molecular formula is C22H26N4O4. The van der Waals surface area contributed by atoms with Gasteiger partial charge in [0.05, 0.1) is 11.1 Å². The third-order valence-electron chi connectivity index (χ3n) is 7.07. The van der Waals surface area contributed by atoms with E-state index < -0.39 is 23.8 Å². The van der Waals surface area contributed by atoms with Gasteiger partial charge in [0.25, 0.3) is 11.8 Å². The number of benzene rings is 1. The maximum absolute atomic E-state index is 13.3. The quantitative estimate of drug-likeness (QED) is 0.699. The molecule has 1 atom stereocenters. The van der Waals surface area contributed by atoms with E-state index in [0.29, 0.717) is 29.8 Å². The third kappa shape index (κ3) is 3.06. The lowest BCUT2D eigenvalue weighted by Gasteiger charge is -2.48. The summed E-state index contributed by atoms with van der Waals surface area (Å²) in [5.41, 5.74) is 7.60. The highest BCUT2D eigenvalue weighted by Gasteiger charge is 2.46. The number of imide groups is 2. The number of hydrogen-bond acceptors (Lipinski definition) is 6. The summed E-state index contributed by atoms with van der Waals surface area (Å²) in [6.45, 7) is 0.605. The smallest absolute Gasteiger partial charge is 0.262 e. The first kappa shape index (κ1) is 19.4. The number of rotatable bonds is 5. The first-order chi connectivity index (χ1) is 14.4. The second-order valence-corrected chi connectivity index (χ2v) is 8.93. The van der Waals surface area contributed by atoms with Crippen molar-refractivity contribution in [1.29, 1.82) is 0 Å². The van der Waals surface area contributed by atoms with Crippen LogP contribution >= 0.6 is 0 Å². The van der Waals surface area contributed by atoms with E-state index >= 15 is 0 Å². The van der Waals surface area contributed by atoms with Gasteiger partial charge in [-0.25, -0.2) is 0 Å². The predicted molar refractivity (Wildman–Crippen MR) is 107 cm³/mol. The highest BCUT2D eigenvalue weighted by atomic mass is 16.2. The highest BCUT2D eigenvalue weighted by molar-refractivity contribution is 6.24. The summed E-state index contributed by atoms with van der Waals surface area (Å²) in [6, 6.07) is 5.58. The first-order valence-corrected chi connectivity index (χ1v) is 10.8. The lowest BCUT2D eigenvalue weighted by Crippen LogP contribution is -2.55. The number of carbonyl (C=O) groups is 4.